The van der Waals surface area contributed by atoms with Gasteiger partial charge in [0.15, 0.2) is 0 Å². The minimum Gasteiger partial charge on any atom is -0.497 e. The van der Waals surface area contributed by atoms with Gasteiger partial charge in [-0.1, -0.05) is 25.1 Å². The van der Waals surface area contributed by atoms with E-state index in [0.29, 0.717) is 6.54 Å². The minimum atomic E-state index is -0.821. The number of amides is 1. The largest absolute Gasteiger partial charge is 0.497 e. The van der Waals surface area contributed by atoms with Gasteiger partial charge in [-0.15, -0.1) is 0 Å². The molecule has 0 aromatic heterocycles. The Morgan fingerprint density at radius 2 is 2.00 bits per heavy atom. The first-order valence-electron chi connectivity index (χ1n) is 9.66. The molecule has 1 aliphatic rings. The number of allylic oxidation sites excluding steroid dienone is 1. The van der Waals surface area contributed by atoms with E-state index in [4.69, 9.17) is 10.1 Å². The van der Waals surface area contributed by atoms with Crippen LogP contribution < -0.4 is 4.74 Å². The highest BCUT2D eigenvalue weighted by atomic mass is 16.6. The summed E-state index contributed by atoms with van der Waals surface area (Å²) in [6.45, 7) is 6.03. The summed E-state index contributed by atoms with van der Waals surface area (Å²) in [4.78, 5) is 26.9. The van der Waals surface area contributed by atoms with Crippen LogP contribution in [0.2, 0.25) is 0 Å². The van der Waals surface area contributed by atoms with Crippen LogP contribution >= 0.6 is 0 Å². The second-order valence-corrected chi connectivity index (χ2v) is 7.76. The Labute approximate surface area is 171 Å². The van der Waals surface area contributed by atoms with Gasteiger partial charge >= 0.3 is 0 Å². The third kappa shape index (κ3) is 4.75. The van der Waals surface area contributed by atoms with Crippen LogP contribution in [0.1, 0.15) is 39.2 Å². The number of nitrogens with one attached hydrogen (secondary N) is 1. The molecular formula is C21H30N4O4. The van der Waals surface area contributed by atoms with Crippen molar-refractivity contribution in [1.82, 2.24) is 9.80 Å². The lowest BCUT2D eigenvalue weighted by molar-refractivity contribution is -0.511. The fraction of sp³-hybridized carbons (Fsp3) is 0.524. The van der Waals surface area contributed by atoms with Crippen molar-refractivity contribution in [3.63, 3.8) is 0 Å². The summed E-state index contributed by atoms with van der Waals surface area (Å²) in [5, 5.41) is 20.0. The first-order valence-corrected chi connectivity index (χ1v) is 9.66. The Balaban J connectivity index is 2.35. The van der Waals surface area contributed by atoms with E-state index in [1.54, 1.807) is 33.2 Å². The van der Waals surface area contributed by atoms with Crippen molar-refractivity contribution in [2.24, 2.45) is 5.92 Å². The molecule has 1 N–H and O–H groups in total. The maximum absolute atomic E-state index is 12.5. The molecule has 1 fully saturated rings. The summed E-state index contributed by atoms with van der Waals surface area (Å²) < 4.78 is 5.20. The molecule has 0 saturated carbocycles. The van der Waals surface area contributed by atoms with Gasteiger partial charge in [0.2, 0.25) is 17.9 Å². The van der Waals surface area contributed by atoms with E-state index in [1.807, 2.05) is 43.0 Å². The number of nitro groups is 1. The predicted octanol–water partition coefficient (Wildman–Crippen LogP) is 3.30. The molecular weight excluding hydrogens is 372 g/mol. The topological polar surface area (TPSA) is 99.8 Å². The van der Waals surface area contributed by atoms with Gasteiger partial charge in [-0.3, -0.25) is 25.2 Å². The van der Waals surface area contributed by atoms with E-state index >= 15 is 0 Å². The molecule has 1 saturated heterocycles. The average molecular weight is 402 g/mol. The molecule has 1 aromatic carbocycles. The number of carbonyl (C=O) groups excluding carboxylic acids is 1. The number of ether oxygens (including phenoxy) is 1. The average Bonchev–Trinajstić information content (AvgIpc) is 2.69. The van der Waals surface area contributed by atoms with Gasteiger partial charge in [0.1, 0.15) is 5.75 Å². The van der Waals surface area contributed by atoms with Gasteiger partial charge in [0.25, 0.3) is 0 Å². The maximum atomic E-state index is 12.5. The van der Waals surface area contributed by atoms with Crippen LogP contribution in [0.4, 0.5) is 0 Å². The molecule has 0 radical (unpaired) electrons. The number of rotatable bonds is 8. The molecule has 2 rings (SSSR count). The third-order valence-electron chi connectivity index (χ3n) is 5.92. The monoisotopic (exact) mass is 402 g/mol. The Bertz CT molecular complexity index is 792. The van der Waals surface area contributed by atoms with Crippen molar-refractivity contribution in [2.45, 2.75) is 51.7 Å². The van der Waals surface area contributed by atoms with Crippen LogP contribution in [-0.4, -0.2) is 52.3 Å². The van der Waals surface area contributed by atoms with Gasteiger partial charge in [0, 0.05) is 24.9 Å². The van der Waals surface area contributed by atoms with Crippen molar-refractivity contribution in [2.75, 3.05) is 14.2 Å². The lowest BCUT2D eigenvalue weighted by atomic mass is 9.77. The highest BCUT2D eigenvalue weighted by Gasteiger charge is 2.47. The zero-order chi connectivity index (χ0) is 21.8. The Morgan fingerprint density at radius 1 is 1.38 bits per heavy atom. The number of methoxy groups -OCH3 is 1. The summed E-state index contributed by atoms with van der Waals surface area (Å²) in [7, 11) is 3.20. The predicted molar refractivity (Wildman–Crippen MR) is 111 cm³/mol. The lowest BCUT2D eigenvalue weighted by Gasteiger charge is -2.51. The maximum Gasteiger partial charge on any atom is 0.231 e. The van der Waals surface area contributed by atoms with Crippen LogP contribution in [0.5, 0.6) is 5.75 Å². The van der Waals surface area contributed by atoms with Gasteiger partial charge in [-0.2, -0.15) is 0 Å². The van der Waals surface area contributed by atoms with Crippen molar-refractivity contribution in [3.05, 3.63) is 52.1 Å². The number of carbonyl (C=O) groups is 1. The van der Waals surface area contributed by atoms with Crippen molar-refractivity contribution < 1.29 is 14.5 Å². The van der Waals surface area contributed by atoms with E-state index < -0.39 is 11.6 Å². The normalized spacial score (nSPS) is 22.1. The summed E-state index contributed by atoms with van der Waals surface area (Å²) in [5.41, 5.74) is 0.257. The van der Waals surface area contributed by atoms with Gasteiger partial charge in [-0.05, 0) is 43.5 Å². The molecule has 1 aliphatic heterocycles. The van der Waals surface area contributed by atoms with Crippen LogP contribution in [0.25, 0.3) is 0 Å². The fourth-order valence-corrected chi connectivity index (χ4v) is 3.74. The molecule has 1 heterocycles. The summed E-state index contributed by atoms with van der Waals surface area (Å²) in [5.74, 6) is 0.505. The highest BCUT2D eigenvalue weighted by Crippen LogP contribution is 2.37. The molecule has 29 heavy (non-hydrogen) atoms. The lowest BCUT2D eigenvalue weighted by Crippen LogP contribution is -2.64. The van der Waals surface area contributed by atoms with Crippen LogP contribution in [-0.2, 0) is 11.3 Å². The molecule has 0 spiro atoms. The standard InChI is InChI=1S/C21H30N4O4/c1-6-7-17(25(27)28)12-15(2)21(3)13-19(26)23(4)20(22)24(21)14-16-8-10-18(29-5)11-9-16/h6-11,15,17,22H,12-14H2,1-5H3/b7-6-,22-20?. The van der Waals surface area contributed by atoms with Gasteiger partial charge in [-0.25, -0.2) is 0 Å². The Hall–Kier alpha value is -2.90. The van der Waals surface area contributed by atoms with Gasteiger partial charge in [0.05, 0.1) is 19.1 Å². The number of benzene rings is 1. The molecule has 8 nitrogen and oxygen atoms in total. The second-order valence-electron chi connectivity index (χ2n) is 7.76. The molecule has 1 aromatic rings. The van der Waals surface area contributed by atoms with E-state index in [2.05, 4.69) is 0 Å². The highest BCUT2D eigenvalue weighted by molar-refractivity contribution is 5.98. The number of guanidine groups is 1. The van der Waals surface area contributed by atoms with Crippen LogP contribution in [0.3, 0.4) is 0 Å². The van der Waals surface area contributed by atoms with Gasteiger partial charge < -0.3 is 9.64 Å². The second kappa shape index (κ2) is 9.07. The zero-order valence-corrected chi connectivity index (χ0v) is 17.7. The van der Waals surface area contributed by atoms with E-state index in [1.165, 1.54) is 4.90 Å². The SMILES string of the molecule is C/C=C\C(CC(C)C1(C)CC(=O)N(C)C(=N)N1Cc1ccc(OC)cc1)[N+](=O)[O-]. The van der Waals surface area contributed by atoms with Crippen LogP contribution in [0, 0.1) is 21.4 Å². The Kier molecular flexibility index (Phi) is 7.00. The number of hydrogen-bond acceptors (Lipinski definition) is 5. The summed E-state index contributed by atoms with van der Waals surface area (Å²) in [6, 6.07) is 6.74. The van der Waals surface area contributed by atoms with E-state index in [-0.39, 0.29) is 35.5 Å². The smallest absolute Gasteiger partial charge is 0.231 e. The molecule has 1 amide bonds. The fourth-order valence-electron chi connectivity index (χ4n) is 3.74. The molecule has 3 atom stereocenters. The van der Waals surface area contributed by atoms with Crippen molar-refractivity contribution in [1.29, 1.82) is 5.41 Å². The minimum absolute atomic E-state index is 0.107. The number of nitrogens with zero attached hydrogens (tertiary/aromatic N) is 3. The van der Waals surface area contributed by atoms with Crippen molar-refractivity contribution in [3.8, 4) is 5.75 Å². The molecule has 0 bridgehead atoms. The number of hydrogen-bond donors (Lipinski definition) is 1. The summed E-state index contributed by atoms with van der Waals surface area (Å²) in [6.07, 6.45) is 3.75. The first kappa shape index (κ1) is 22.4. The molecule has 158 valence electrons. The van der Waals surface area contributed by atoms with Crippen LogP contribution in [0.15, 0.2) is 36.4 Å². The Morgan fingerprint density at radius 3 is 2.52 bits per heavy atom. The zero-order valence-electron chi connectivity index (χ0n) is 17.7. The molecule has 0 aliphatic carbocycles. The molecule has 8 heteroatoms. The first-order chi connectivity index (χ1) is 13.6. The third-order valence-corrected chi connectivity index (χ3v) is 5.92. The quantitative estimate of drug-likeness (QED) is 0.408. The van der Waals surface area contributed by atoms with Crippen molar-refractivity contribution >= 4 is 11.9 Å². The molecule has 3 unspecified atom stereocenters. The van der Waals surface area contributed by atoms with E-state index in [0.717, 1.165) is 11.3 Å². The summed E-state index contributed by atoms with van der Waals surface area (Å²) >= 11 is 0. The van der Waals surface area contributed by atoms with E-state index in [9.17, 15) is 14.9 Å².